The van der Waals surface area contributed by atoms with E-state index in [0.717, 1.165) is 5.56 Å². The normalized spacial score (nSPS) is 11.1. The minimum Gasteiger partial charge on any atom is -0.266 e. The first-order valence-corrected chi connectivity index (χ1v) is 6.53. The Balaban J connectivity index is 2.29. The molecule has 0 spiro atoms. The van der Waals surface area contributed by atoms with Gasteiger partial charge in [-0.05, 0) is 37.1 Å². The summed E-state index contributed by atoms with van der Waals surface area (Å²) >= 11 is 0. The van der Waals surface area contributed by atoms with Crippen molar-refractivity contribution < 1.29 is 0 Å². The number of aryl methyl sites for hydroxylation is 2. The summed E-state index contributed by atoms with van der Waals surface area (Å²) in [5.74, 6) is 0. The lowest BCUT2D eigenvalue weighted by Crippen LogP contribution is -2.22. The van der Waals surface area contributed by atoms with E-state index in [2.05, 4.69) is 5.10 Å². The van der Waals surface area contributed by atoms with Gasteiger partial charge in [-0.1, -0.05) is 36.4 Å². The molecular formula is C17H15N3O. The standard InChI is InChI=1S/C17H15N3O/c1-13-11-14(2)20(17(21)16(13)12-18)19-10-6-9-15-7-4-3-5-8-15/h3-11H,1-2H3/b9-6+,19-10+. The van der Waals surface area contributed by atoms with Crippen LogP contribution in [0.4, 0.5) is 0 Å². The molecule has 0 amide bonds. The number of nitrogens with zero attached hydrogens (tertiary/aromatic N) is 3. The summed E-state index contributed by atoms with van der Waals surface area (Å²) in [7, 11) is 0. The monoisotopic (exact) mass is 277 g/mol. The molecule has 0 N–H and O–H groups in total. The van der Waals surface area contributed by atoms with E-state index >= 15 is 0 Å². The van der Waals surface area contributed by atoms with Gasteiger partial charge < -0.3 is 0 Å². The minimum absolute atomic E-state index is 0.129. The maximum atomic E-state index is 12.1. The van der Waals surface area contributed by atoms with Crippen LogP contribution in [0.15, 0.2) is 52.4 Å². The van der Waals surface area contributed by atoms with Crippen molar-refractivity contribution in [2.24, 2.45) is 5.10 Å². The fraction of sp³-hybridized carbons (Fsp3) is 0.118. The molecule has 21 heavy (non-hydrogen) atoms. The SMILES string of the molecule is Cc1cc(C)n(/N=C/C=C/c2ccccc2)c(=O)c1C#N. The first-order valence-electron chi connectivity index (χ1n) is 6.53. The fourth-order valence-electron chi connectivity index (χ4n) is 1.98. The summed E-state index contributed by atoms with van der Waals surface area (Å²) < 4.78 is 1.24. The van der Waals surface area contributed by atoms with Gasteiger partial charge >= 0.3 is 0 Å². The van der Waals surface area contributed by atoms with Gasteiger partial charge in [0.2, 0.25) is 0 Å². The average Bonchev–Trinajstić information content (AvgIpc) is 2.47. The topological polar surface area (TPSA) is 58.1 Å². The van der Waals surface area contributed by atoms with Gasteiger partial charge in [-0.25, -0.2) is 4.68 Å². The molecule has 0 saturated heterocycles. The molecule has 0 bridgehead atoms. The van der Waals surface area contributed by atoms with E-state index < -0.39 is 0 Å². The quantitative estimate of drug-likeness (QED) is 0.810. The molecule has 1 aromatic carbocycles. The number of aromatic nitrogens is 1. The molecule has 0 fully saturated rings. The maximum absolute atomic E-state index is 12.1. The van der Waals surface area contributed by atoms with Crippen LogP contribution >= 0.6 is 0 Å². The number of allylic oxidation sites excluding steroid dienone is 1. The Morgan fingerprint density at radius 2 is 1.95 bits per heavy atom. The Morgan fingerprint density at radius 3 is 2.62 bits per heavy atom. The minimum atomic E-state index is -0.389. The molecule has 0 aliphatic rings. The van der Waals surface area contributed by atoms with Crippen molar-refractivity contribution in [2.75, 3.05) is 0 Å². The summed E-state index contributed by atoms with van der Waals surface area (Å²) in [4.78, 5) is 12.1. The van der Waals surface area contributed by atoms with Crippen molar-refractivity contribution in [1.29, 1.82) is 5.26 Å². The zero-order chi connectivity index (χ0) is 15.2. The molecule has 0 aliphatic heterocycles. The largest absolute Gasteiger partial charge is 0.289 e. The number of benzene rings is 1. The average molecular weight is 277 g/mol. The van der Waals surface area contributed by atoms with Gasteiger partial charge in [-0.3, -0.25) is 4.79 Å². The summed E-state index contributed by atoms with van der Waals surface area (Å²) in [6.07, 6.45) is 5.19. The van der Waals surface area contributed by atoms with Crippen LogP contribution in [0, 0.1) is 25.2 Å². The van der Waals surface area contributed by atoms with Crippen LogP contribution in [0.1, 0.15) is 22.4 Å². The Hall–Kier alpha value is -2.93. The highest BCUT2D eigenvalue weighted by molar-refractivity contribution is 5.78. The Bertz CT molecular complexity index is 793. The summed E-state index contributed by atoms with van der Waals surface area (Å²) in [5.41, 5.74) is 2.16. The van der Waals surface area contributed by atoms with E-state index in [-0.39, 0.29) is 11.1 Å². The van der Waals surface area contributed by atoms with E-state index in [1.807, 2.05) is 42.5 Å². The van der Waals surface area contributed by atoms with Crippen LogP contribution in [0.25, 0.3) is 6.08 Å². The van der Waals surface area contributed by atoms with Crippen LogP contribution in [0.3, 0.4) is 0 Å². The Morgan fingerprint density at radius 1 is 1.24 bits per heavy atom. The highest BCUT2D eigenvalue weighted by Crippen LogP contribution is 2.05. The molecule has 2 aromatic rings. The van der Waals surface area contributed by atoms with Gasteiger partial charge in [0.05, 0.1) is 0 Å². The lowest BCUT2D eigenvalue weighted by atomic mass is 10.1. The second kappa shape index (κ2) is 6.49. The molecule has 0 unspecified atom stereocenters. The third-order valence-electron chi connectivity index (χ3n) is 3.03. The van der Waals surface area contributed by atoms with Crippen LogP contribution in [-0.2, 0) is 0 Å². The van der Waals surface area contributed by atoms with Gasteiger partial charge in [-0.2, -0.15) is 10.4 Å². The van der Waals surface area contributed by atoms with Crippen LogP contribution in [-0.4, -0.2) is 10.9 Å². The van der Waals surface area contributed by atoms with Crippen LogP contribution in [0.5, 0.6) is 0 Å². The number of pyridine rings is 1. The van der Waals surface area contributed by atoms with Crippen molar-refractivity contribution >= 4 is 12.3 Å². The second-order valence-corrected chi connectivity index (χ2v) is 4.61. The van der Waals surface area contributed by atoms with Gasteiger partial charge in [0, 0.05) is 11.9 Å². The van der Waals surface area contributed by atoms with Crippen molar-refractivity contribution in [3.63, 3.8) is 0 Å². The van der Waals surface area contributed by atoms with E-state index in [1.54, 1.807) is 26.0 Å². The van der Waals surface area contributed by atoms with Gasteiger partial charge in [0.25, 0.3) is 5.56 Å². The van der Waals surface area contributed by atoms with Crippen molar-refractivity contribution in [1.82, 2.24) is 4.68 Å². The number of nitriles is 1. The summed E-state index contributed by atoms with van der Waals surface area (Å²) in [6.45, 7) is 3.53. The van der Waals surface area contributed by atoms with Crippen LogP contribution < -0.4 is 5.56 Å². The number of rotatable bonds is 3. The molecular weight excluding hydrogens is 262 g/mol. The van der Waals surface area contributed by atoms with E-state index in [4.69, 9.17) is 5.26 Å². The summed E-state index contributed by atoms with van der Waals surface area (Å²) in [6, 6.07) is 13.5. The molecule has 4 nitrogen and oxygen atoms in total. The van der Waals surface area contributed by atoms with Crippen LogP contribution in [0.2, 0.25) is 0 Å². The molecule has 0 saturated carbocycles. The van der Waals surface area contributed by atoms with Gasteiger partial charge in [0.15, 0.2) is 0 Å². The van der Waals surface area contributed by atoms with E-state index in [9.17, 15) is 4.79 Å². The smallest absolute Gasteiger partial charge is 0.266 e. The zero-order valence-electron chi connectivity index (χ0n) is 11.9. The maximum Gasteiger partial charge on any atom is 0.289 e. The predicted octanol–water partition coefficient (Wildman–Crippen LogP) is 2.88. The van der Waals surface area contributed by atoms with Crippen molar-refractivity contribution in [2.45, 2.75) is 13.8 Å². The summed E-state index contributed by atoms with van der Waals surface area (Å²) in [5, 5.41) is 13.1. The molecule has 1 aromatic heterocycles. The van der Waals surface area contributed by atoms with E-state index in [0.29, 0.717) is 11.3 Å². The van der Waals surface area contributed by atoms with Crippen molar-refractivity contribution in [3.05, 3.63) is 75.2 Å². The highest BCUT2D eigenvalue weighted by atomic mass is 16.1. The zero-order valence-corrected chi connectivity index (χ0v) is 11.9. The molecule has 2 rings (SSSR count). The third-order valence-corrected chi connectivity index (χ3v) is 3.03. The lowest BCUT2D eigenvalue weighted by Gasteiger charge is -2.05. The number of hydrogen-bond acceptors (Lipinski definition) is 3. The Labute approximate surface area is 123 Å². The molecule has 1 heterocycles. The lowest BCUT2D eigenvalue weighted by molar-refractivity contribution is 0.787. The first-order chi connectivity index (χ1) is 10.1. The number of hydrogen-bond donors (Lipinski definition) is 0. The fourth-order valence-corrected chi connectivity index (χ4v) is 1.98. The third kappa shape index (κ3) is 3.34. The Kier molecular flexibility index (Phi) is 4.47. The van der Waals surface area contributed by atoms with E-state index in [1.165, 1.54) is 10.9 Å². The van der Waals surface area contributed by atoms with Gasteiger partial charge in [0.1, 0.15) is 11.6 Å². The second-order valence-electron chi connectivity index (χ2n) is 4.61. The molecule has 0 atom stereocenters. The van der Waals surface area contributed by atoms with Gasteiger partial charge in [-0.15, -0.1) is 0 Å². The molecule has 4 heteroatoms. The first kappa shape index (κ1) is 14.5. The molecule has 104 valence electrons. The highest BCUT2D eigenvalue weighted by Gasteiger charge is 2.08. The molecule has 0 aliphatic carbocycles. The molecule has 0 radical (unpaired) electrons. The van der Waals surface area contributed by atoms with Crippen molar-refractivity contribution in [3.8, 4) is 6.07 Å². The predicted molar refractivity (Wildman–Crippen MR) is 84.3 cm³/mol.